The first kappa shape index (κ1) is 16.5. The zero-order chi connectivity index (χ0) is 14.3. The van der Waals surface area contributed by atoms with Gasteiger partial charge in [0, 0.05) is 17.6 Å². The largest absolute Gasteiger partial charge is 0.493 e. The molecule has 3 nitrogen and oxygen atoms in total. The van der Waals surface area contributed by atoms with Gasteiger partial charge >= 0.3 is 0 Å². The van der Waals surface area contributed by atoms with E-state index >= 15 is 0 Å². The lowest BCUT2D eigenvalue weighted by Crippen LogP contribution is -2.14. The summed E-state index contributed by atoms with van der Waals surface area (Å²) in [6.07, 6.45) is 0.965. The van der Waals surface area contributed by atoms with Gasteiger partial charge in [0.2, 0.25) is 0 Å². The van der Waals surface area contributed by atoms with Crippen molar-refractivity contribution < 1.29 is 9.47 Å². The molecule has 1 rings (SSSR count). The minimum absolute atomic E-state index is 0.677. The Morgan fingerprint density at radius 1 is 1.42 bits per heavy atom. The zero-order valence-corrected chi connectivity index (χ0v) is 14.4. The second kappa shape index (κ2) is 8.61. The van der Waals surface area contributed by atoms with E-state index in [1.165, 1.54) is 0 Å². The Hall–Kier alpha value is -0.520. The molecule has 0 unspecified atom stereocenters. The van der Waals surface area contributed by atoms with Crippen molar-refractivity contribution >= 4 is 31.9 Å². The number of rotatable bonds is 8. The molecule has 0 fully saturated rings. The third-order valence-electron chi connectivity index (χ3n) is 2.39. The van der Waals surface area contributed by atoms with Crippen LogP contribution in [0.3, 0.4) is 0 Å². The highest BCUT2D eigenvalue weighted by Crippen LogP contribution is 2.36. The van der Waals surface area contributed by atoms with Gasteiger partial charge in [-0.2, -0.15) is 0 Å². The van der Waals surface area contributed by atoms with Crippen molar-refractivity contribution in [3.05, 3.63) is 33.2 Å². The van der Waals surface area contributed by atoms with Crippen LogP contribution in [-0.4, -0.2) is 20.3 Å². The maximum absolute atomic E-state index is 5.69. The predicted octanol–water partition coefficient (Wildman–Crippen LogP) is 4.24. The lowest BCUT2D eigenvalue weighted by molar-refractivity contribution is 0.292. The van der Waals surface area contributed by atoms with Gasteiger partial charge in [-0.15, -0.1) is 0 Å². The first-order chi connectivity index (χ1) is 9.08. The molecule has 0 aromatic heterocycles. The number of hydrogen-bond donors (Lipinski definition) is 1. The fourth-order valence-electron chi connectivity index (χ4n) is 1.56. The molecule has 0 bridgehead atoms. The van der Waals surface area contributed by atoms with E-state index in [9.17, 15) is 0 Å². The van der Waals surface area contributed by atoms with Crippen molar-refractivity contribution in [3.63, 3.8) is 0 Å². The molecule has 1 aromatic carbocycles. The molecular formula is C14H19Br2NO2. The molecule has 1 aromatic rings. The molecule has 0 amide bonds. The molecule has 19 heavy (non-hydrogen) atoms. The number of ether oxygens (including phenoxy) is 2. The Balaban J connectivity index is 2.80. The number of nitrogens with one attached hydrogen (secondary N) is 1. The van der Waals surface area contributed by atoms with Crippen LogP contribution in [0.25, 0.3) is 0 Å². The third kappa shape index (κ3) is 5.55. The van der Waals surface area contributed by atoms with Crippen LogP contribution in [-0.2, 0) is 6.54 Å². The Kier molecular flexibility index (Phi) is 7.49. The lowest BCUT2D eigenvalue weighted by atomic mass is 10.2. The Morgan fingerprint density at radius 2 is 2.16 bits per heavy atom. The molecule has 0 heterocycles. The fourth-order valence-corrected chi connectivity index (χ4v) is 2.36. The minimum atomic E-state index is 0.677. The summed E-state index contributed by atoms with van der Waals surface area (Å²) in [4.78, 5) is 0. The Morgan fingerprint density at radius 3 is 2.74 bits per heavy atom. The van der Waals surface area contributed by atoms with Gasteiger partial charge < -0.3 is 14.8 Å². The summed E-state index contributed by atoms with van der Waals surface area (Å²) in [7, 11) is 1.65. The second-order valence-corrected chi connectivity index (χ2v) is 6.05. The summed E-state index contributed by atoms with van der Waals surface area (Å²) in [5.41, 5.74) is 1.13. The van der Waals surface area contributed by atoms with Crippen LogP contribution in [0.5, 0.6) is 11.5 Å². The van der Waals surface area contributed by atoms with Crippen LogP contribution < -0.4 is 14.8 Å². The van der Waals surface area contributed by atoms with Gasteiger partial charge in [0.1, 0.15) is 0 Å². The SMILES string of the molecule is C=C(Br)CNCc1cc(Br)c(OCCC)c(OC)c1. The molecule has 0 saturated heterocycles. The molecule has 0 aliphatic carbocycles. The molecule has 0 saturated carbocycles. The second-order valence-electron chi connectivity index (χ2n) is 4.08. The summed E-state index contributed by atoms with van der Waals surface area (Å²) >= 11 is 6.85. The number of methoxy groups -OCH3 is 1. The van der Waals surface area contributed by atoms with Crippen molar-refractivity contribution in [2.45, 2.75) is 19.9 Å². The highest BCUT2D eigenvalue weighted by Gasteiger charge is 2.11. The first-order valence-corrected chi connectivity index (χ1v) is 7.70. The average Bonchev–Trinajstić information content (AvgIpc) is 2.36. The van der Waals surface area contributed by atoms with E-state index < -0.39 is 0 Å². The average molecular weight is 393 g/mol. The van der Waals surface area contributed by atoms with Gasteiger partial charge in [-0.25, -0.2) is 0 Å². The van der Waals surface area contributed by atoms with E-state index in [1.807, 2.05) is 12.1 Å². The lowest BCUT2D eigenvalue weighted by Gasteiger charge is -2.14. The molecule has 0 atom stereocenters. The predicted molar refractivity (Wildman–Crippen MR) is 86.3 cm³/mol. The molecule has 1 N–H and O–H groups in total. The van der Waals surface area contributed by atoms with Crippen LogP contribution >= 0.6 is 31.9 Å². The molecule has 0 radical (unpaired) electrons. The Labute approximate surface area is 131 Å². The van der Waals surface area contributed by atoms with E-state index in [2.05, 4.69) is 50.7 Å². The molecule has 0 spiro atoms. The van der Waals surface area contributed by atoms with E-state index in [0.29, 0.717) is 6.61 Å². The summed E-state index contributed by atoms with van der Waals surface area (Å²) in [6, 6.07) is 4.03. The standard InChI is InChI=1S/C14H19Br2NO2/c1-4-5-19-14-12(16)6-11(7-13(14)18-3)9-17-8-10(2)15/h6-7,17H,2,4-5,8-9H2,1,3H3. The van der Waals surface area contributed by atoms with Crippen LogP contribution in [0.15, 0.2) is 27.7 Å². The zero-order valence-electron chi connectivity index (χ0n) is 11.3. The maximum Gasteiger partial charge on any atom is 0.175 e. The molecular weight excluding hydrogens is 374 g/mol. The van der Waals surface area contributed by atoms with E-state index in [1.54, 1.807) is 7.11 Å². The van der Waals surface area contributed by atoms with Crippen molar-refractivity contribution in [1.82, 2.24) is 5.32 Å². The van der Waals surface area contributed by atoms with Gasteiger partial charge in [0.05, 0.1) is 18.2 Å². The topological polar surface area (TPSA) is 30.5 Å². The summed E-state index contributed by atoms with van der Waals surface area (Å²) in [5.74, 6) is 1.51. The van der Waals surface area contributed by atoms with Gasteiger partial charge in [-0.05, 0) is 40.0 Å². The van der Waals surface area contributed by atoms with Gasteiger partial charge in [-0.3, -0.25) is 0 Å². The monoisotopic (exact) mass is 391 g/mol. The summed E-state index contributed by atoms with van der Waals surface area (Å²) in [5, 5.41) is 3.28. The highest BCUT2D eigenvalue weighted by molar-refractivity contribution is 9.11. The van der Waals surface area contributed by atoms with Gasteiger partial charge in [0.15, 0.2) is 11.5 Å². The van der Waals surface area contributed by atoms with E-state index in [0.717, 1.165) is 45.5 Å². The van der Waals surface area contributed by atoms with Crippen LogP contribution in [0, 0.1) is 0 Å². The number of benzene rings is 1. The van der Waals surface area contributed by atoms with Crippen LogP contribution in [0.4, 0.5) is 0 Å². The summed E-state index contributed by atoms with van der Waals surface area (Å²) in [6.45, 7) is 8.01. The maximum atomic E-state index is 5.69. The minimum Gasteiger partial charge on any atom is -0.493 e. The highest BCUT2D eigenvalue weighted by atomic mass is 79.9. The first-order valence-electron chi connectivity index (χ1n) is 6.11. The van der Waals surface area contributed by atoms with Crippen molar-refractivity contribution in [2.24, 2.45) is 0 Å². The van der Waals surface area contributed by atoms with Crippen molar-refractivity contribution in [2.75, 3.05) is 20.3 Å². The number of hydrogen-bond acceptors (Lipinski definition) is 3. The van der Waals surface area contributed by atoms with Crippen molar-refractivity contribution in [3.8, 4) is 11.5 Å². The quantitative estimate of drug-likeness (QED) is 0.717. The fraction of sp³-hybridized carbons (Fsp3) is 0.429. The van der Waals surface area contributed by atoms with Gasteiger partial charge in [-0.1, -0.05) is 29.4 Å². The molecule has 106 valence electrons. The Bertz CT molecular complexity index is 436. The van der Waals surface area contributed by atoms with Crippen LogP contribution in [0.2, 0.25) is 0 Å². The van der Waals surface area contributed by atoms with Crippen molar-refractivity contribution in [1.29, 1.82) is 0 Å². The molecule has 5 heteroatoms. The smallest absolute Gasteiger partial charge is 0.175 e. The van der Waals surface area contributed by atoms with Gasteiger partial charge in [0.25, 0.3) is 0 Å². The van der Waals surface area contributed by atoms with E-state index in [-0.39, 0.29) is 0 Å². The van der Waals surface area contributed by atoms with Crippen LogP contribution in [0.1, 0.15) is 18.9 Å². The van der Waals surface area contributed by atoms with E-state index in [4.69, 9.17) is 9.47 Å². The molecule has 0 aliphatic heterocycles. The molecule has 0 aliphatic rings. The third-order valence-corrected chi connectivity index (χ3v) is 3.26. The normalized spacial score (nSPS) is 10.3. The summed E-state index contributed by atoms with van der Waals surface area (Å²) < 4.78 is 12.9. The number of halogens is 2.